The molecule has 0 saturated carbocycles. The van der Waals surface area contributed by atoms with Crippen LogP contribution in [0.4, 0.5) is 5.69 Å². The van der Waals surface area contributed by atoms with Crippen LogP contribution >= 0.6 is 11.3 Å². The first-order chi connectivity index (χ1) is 18.0. The number of fused-ring (bicyclic) bond motifs is 3. The van der Waals surface area contributed by atoms with E-state index in [2.05, 4.69) is 77.9 Å². The largest absolute Gasteiger partial charge is 0.469 e. The molecule has 1 aliphatic heterocycles. The third-order valence-corrected chi connectivity index (χ3v) is 7.99. The Hall–Kier alpha value is -3.78. The maximum absolute atomic E-state index is 12.3. The Morgan fingerprint density at radius 1 is 1.05 bits per heavy atom. The second-order valence-electron chi connectivity index (χ2n) is 9.27. The molecule has 7 nitrogen and oxygen atoms in total. The highest BCUT2D eigenvalue weighted by Gasteiger charge is 2.32. The Morgan fingerprint density at radius 2 is 1.81 bits per heavy atom. The lowest BCUT2D eigenvalue weighted by Crippen LogP contribution is -2.12. The van der Waals surface area contributed by atoms with E-state index < -0.39 is 6.04 Å². The highest BCUT2D eigenvalue weighted by atomic mass is 32.1. The van der Waals surface area contributed by atoms with Crippen LogP contribution in [0.25, 0.3) is 5.00 Å². The van der Waals surface area contributed by atoms with Gasteiger partial charge in [0, 0.05) is 28.2 Å². The average Bonchev–Trinajstić information content (AvgIpc) is 3.39. The normalized spacial score (nSPS) is 14.4. The second kappa shape index (κ2) is 10.7. The number of nitrogens with zero attached hydrogens (tertiary/aromatic N) is 4. The van der Waals surface area contributed by atoms with Crippen LogP contribution in [-0.4, -0.2) is 40.1 Å². The molecule has 0 amide bonds. The van der Waals surface area contributed by atoms with Crippen molar-refractivity contribution >= 4 is 28.7 Å². The lowest BCUT2D eigenvalue weighted by atomic mass is 9.99. The number of aliphatic imine (C=N–C) groups is 1. The number of esters is 1. The van der Waals surface area contributed by atoms with E-state index in [0.717, 1.165) is 52.7 Å². The van der Waals surface area contributed by atoms with Crippen LogP contribution < -0.4 is 5.32 Å². The molecular weight excluding hydrogens is 482 g/mol. The number of ether oxygens (including phenoxy) is 1. The smallest absolute Gasteiger partial charge is 0.308 e. The number of anilines is 1. The summed E-state index contributed by atoms with van der Waals surface area (Å²) in [7, 11) is 1.40. The van der Waals surface area contributed by atoms with Crippen molar-refractivity contribution in [1.82, 2.24) is 14.8 Å². The van der Waals surface area contributed by atoms with Crippen molar-refractivity contribution in [2.75, 3.05) is 19.0 Å². The Bertz CT molecular complexity index is 1440. The van der Waals surface area contributed by atoms with E-state index in [4.69, 9.17) is 9.73 Å². The van der Waals surface area contributed by atoms with Gasteiger partial charge in [0.15, 0.2) is 5.82 Å². The fraction of sp³-hybridized carbons (Fsp3) is 0.310. The molecule has 0 radical (unpaired) electrons. The quantitative estimate of drug-likeness (QED) is 0.240. The number of benzene rings is 2. The molecule has 2 aromatic carbocycles. The number of thiophene rings is 1. The molecule has 0 fully saturated rings. The highest BCUT2D eigenvalue weighted by molar-refractivity contribution is 7.15. The lowest BCUT2D eigenvalue weighted by molar-refractivity contribution is -0.141. The van der Waals surface area contributed by atoms with Gasteiger partial charge in [-0.05, 0) is 56.9 Å². The van der Waals surface area contributed by atoms with E-state index in [-0.39, 0.29) is 12.4 Å². The van der Waals surface area contributed by atoms with Crippen molar-refractivity contribution in [3.05, 3.63) is 93.4 Å². The molecule has 5 rings (SSSR count). The van der Waals surface area contributed by atoms with Gasteiger partial charge in [0.1, 0.15) is 16.9 Å². The summed E-state index contributed by atoms with van der Waals surface area (Å²) < 4.78 is 7.03. The summed E-state index contributed by atoms with van der Waals surface area (Å²) in [5.41, 5.74) is 6.55. The fourth-order valence-electron chi connectivity index (χ4n) is 4.68. The van der Waals surface area contributed by atoms with Crippen LogP contribution in [0.3, 0.4) is 0 Å². The van der Waals surface area contributed by atoms with Gasteiger partial charge in [-0.25, -0.2) is 0 Å². The summed E-state index contributed by atoms with van der Waals surface area (Å²) in [4.78, 5) is 18.6. The Kier molecular flexibility index (Phi) is 7.19. The van der Waals surface area contributed by atoms with E-state index >= 15 is 0 Å². The third kappa shape index (κ3) is 5.06. The topological polar surface area (TPSA) is 81.4 Å². The van der Waals surface area contributed by atoms with Crippen LogP contribution in [0.1, 0.15) is 57.7 Å². The summed E-state index contributed by atoms with van der Waals surface area (Å²) in [5.74, 6) is 1.12. The molecule has 1 aliphatic rings. The van der Waals surface area contributed by atoms with Gasteiger partial charge in [-0.2, -0.15) is 0 Å². The van der Waals surface area contributed by atoms with Crippen molar-refractivity contribution < 1.29 is 9.53 Å². The summed E-state index contributed by atoms with van der Waals surface area (Å²) in [6, 6.07) is 18.5. The zero-order chi connectivity index (χ0) is 25.9. The number of carbonyl (C=O) groups excluding carboxylic acids is 1. The predicted octanol–water partition coefficient (Wildman–Crippen LogP) is 5.75. The molecule has 190 valence electrons. The molecule has 0 saturated heterocycles. The van der Waals surface area contributed by atoms with Gasteiger partial charge >= 0.3 is 5.97 Å². The van der Waals surface area contributed by atoms with Crippen LogP contribution in [0.2, 0.25) is 0 Å². The molecule has 1 atom stereocenters. The minimum atomic E-state index is -0.487. The first-order valence-corrected chi connectivity index (χ1v) is 13.3. The summed E-state index contributed by atoms with van der Waals surface area (Å²) in [5, 5.41) is 13.3. The minimum absolute atomic E-state index is 0.103. The molecule has 1 N–H and O–H groups in total. The maximum atomic E-state index is 12.3. The van der Waals surface area contributed by atoms with E-state index in [0.29, 0.717) is 5.82 Å². The van der Waals surface area contributed by atoms with Crippen molar-refractivity contribution in [1.29, 1.82) is 0 Å². The molecule has 2 aromatic heterocycles. The monoisotopic (exact) mass is 513 g/mol. The zero-order valence-corrected chi connectivity index (χ0v) is 22.4. The number of aromatic nitrogens is 3. The number of carbonyl (C=O) groups is 1. The van der Waals surface area contributed by atoms with E-state index in [1.807, 2.05) is 17.6 Å². The lowest BCUT2D eigenvalue weighted by Gasteiger charge is -2.12. The van der Waals surface area contributed by atoms with Crippen molar-refractivity contribution in [2.45, 2.75) is 46.1 Å². The van der Waals surface area contributed by atoms with Gasteiger partial charge in [0.2, 0.25) is 0 Å². The van der Waals surface area contributed by atoms with Gasteiger partial charge in [0.05, 0.1) is 19.2 Å². The number of hydrogen-bond acceptors (Lipinski definition) is 7. The first-order valence-electron chi connectivity index (χ1n) is 12.5. The van der Waals surface area contributed by atoms with E-state index in [1.165, 1.54) is 23.1 Å². The van der Waals surface area contributed by atoms with Crippen LogP contribution in [0, 0.1) is 20.8 Å². The molecule has 37 heavy (non-hydrogen) atoms. The number of hydrogen-bond donors (Lipinski definition) is 1. The molecule has 0 unspecified atom stereocenters. The van der Waals surface area contributed by atoms with Gasteiger partial charge in [-0.3, -0.25) is 14.4 Å². The van der Waals surface area contributed by atoms with Crippen molar-refractivity contribution in [3.63, 3.8) is 0 Å². The molecule has 8 heteroatoms. The molecule has 4 aromatic rings. The minimum Gasteiger partial charge on any atom is -0.469 e. The first kappa shape index (κ1) is 24.9. The average molecular weight is 514 g/mol. The molecule has 3 heterocycles. The van der Waals surface area contributed by atoms with Gasteiger partial charge in [-0.1, -0.05) is 42.5 Å². The highest BCUT2D eigenvalue weighted by Crippen LogP contribution is 2.39. The van der Waals surface area contributed by atoms with E-state index in [1.54, 1.807) is 11.3 Å². The van der Waals surface area contributed by atoms with Gasteiger partial charge in [-0.15, -0.1) is 21.5 Å². The standard InChI is InChI=1S/C29H31N5O2S/c1-18-19(2)37-29-26(18)27(31-24(17-25(35)36-4)28-33-32-20(3)34(28)29)22-12-14-23(15-13-22)30-16-8-11-21-9-6-5-7-10-21/h5-7,9-10,12-15,24,30H,8,11,16-17H2,1-4H3/t24-/m0/s1. The predicted molar refractivity (Wildman–Crippen MR) is 148 cm³/mol. The summed E-state index contributed by atoms with van der Waals surface area (Å²) in [6.45, 7) is 7.09. The Morgan fingerprint density at radius 3 is 2.54 bits per heavy atom. The molecule has 0 bridgehead atoms. The zero-order valence-electron chi connectivity index (χ0n) is 21.6. The number of methoxy groups -OCH3 is 1. The number of rotatable bonds is 8. The maximum Gasteiger partial charge on any atom is 0.308 e. The Labute approximate surface area is 221 Å². The van der Waals surface area contributed by atoms with Crippen LogP contribution in [-0.2, 0) is 16.0 Å². The molecule has 0 spiro atoms. The number of aryl methyl sites for hydroxylation is 3. The van der Waals surface area contributed by atoms with E-state index in [9.17, 15) is 4.79 Å². The Balaban J connectivity index is 1.44. The summed E-state index contributed by atoms with van der Waals surface area (Å²) >= 11 is 1.71. The van der Waals surface area contributed by atoms with Crippen LogP contribution in [0.15, 0.2) is 59.6 Å². The van der Waals surface area contributed by atoms with Crippen molar-refractivity contribution in [2.24, 2.45) is 4.99 Å². The van der Waals surface area contributed by atoms with Gasteiger partial charge < -0.3 is 10.1 Å². The third-order valence-electron chi connectivity index (χ3n) is 6.80. The number of nitrogens with one attached hydrogen (secondary N) is 1. The fourth-order valence-corrected chi connectivity index (χ4v) is 5.90. The molecular formula is C29H31N5O2S. The van der Waals surface area contributed by atoms with Crippen LogP contribution in [0.5, 0.6) is 0 Å². The van der Waals surface area contributed by atoms with Gasteiger partial charge in [0.25, 0.3) is 0 Å². The van der Waals surface area contributed by atoms with Crippen molar-refractivity contribution in [3.8, 4) is 5.00 Å². The molecule has 0 aliphatic carbocycles. The second-order valence-corrected chi connectivity index (χ2v) is 10.5. The SMILES string of the molecule is COC(=O)C[C@@H]1N=C(c2ccc(NCCCc3ccccc3)cc2)c2c(sc(C)c2C)-n2c(C)nnc21. The summed E-state index contributed by atoms with van der Waals surface area (Å²) in [6.07, 6.45) is 2.21.